The zero-order valence-electron chi connectivity index (χ0n) is 24.4. The predicted molar refractivity (Wildman–Crippen MR) is 180 cm³/mol. The molecule has 0 bridgehead atoms. The van der Waals surface area contributed by atoms with Gasteiger partial charge in [0, 0.05) is 18.7 Å². The minimum absolute atomic E-state index is 0.104. The van der Waals surface area contributed by atoms with Crippen LogP contribution in [0.2, 0.25) is 0 Å². The van der Waals surface area contributed by atoms with Gasteiger partial charge < -0.3 is 5.32 Å². The summed E-state index contributed by atoms with van der Waals surface area (Å²) < 4.78 is 0. The zero-order valence-corrected chi connectivity index (χ0v) is 30.8. The van der Waals surface area contributed by atoms with Gasteiger partial charge in [-0.15, -0.1) is 0 Å². The molecular weight excluding hydrogens is 727 g/mol. The number of diazo groups is 1. The number of halogens is 1. The molecule has 1 unspecified atom stereocenters. The Morgan fingerprint density at radius 2 is 0.974 bits per heavy atom. The molecule has 0 saturated carbocycles. The first-order valence-electron chi connectivity index (χ1n) is 12.4. The average molecular weight is 770 g/mol. The molecule has 209 valence electrons. The molecule has 1 atom stereocenters. The minimum atomic E-state index is -0.626. The van der Waals surface area contributed by atoms with E-state index in [4.69, 9.17) is 14.8 Å². The molecule has 3 aromatic rings. The van der Waals surface area contributed by atoms with Gasteiger partial charge >= 0.3 is 33.9 Å². The third-order valence-electron chi connectivity index (χ3n) is 5.24. The number of nitrogens with one attached hydrogen (secondary N) is 1. The van der Waals surface area contributed by atoms with Gasteiger partial charge in [-0.05, 0) is 68.9 Å². The fraction of sp³-hybridized carbons (Fsp3) is 0.290. The van der Waals surface area contributed by atoms with Crippen LogP contribution < -0.4 is 21.2 Å². The van der Waals surface area contributed by atoms with E-state index in [1.807, 2.05) is 19.1 Å². The predicted octanol–water partition coefficient (Wildman–Crippen LogP) is 8.47. The Hall–Kier alpha value is -1.37. The zero-order chi connectivity index (χ0) is 29.7. The van der Waals surface area contributed by atoms with E-state index in [2.05, 4.69) is 141 Å². The first-order valence-corrected chi connectivity index (χ1v) is 22.8. The monoisotopic (exact) mass is 769 g/mol. The van der Waals surface area contributed by atoms with Gasteiger partial charge in [0.05, 0.1) is 0 Å². The first-order chi connectivity index (χ1) is 18.6. The van der Waals surface area contributed by atoms with Gasteiger partial charge in [0.25, 0.3) is 0 Å². The third kappa shape index (κ3) is 17.8. The summed E-state index contributed by atoms with van der Waals surface area (Å²) in [5, 5.41) is 16.0. The molecule has 1 N–H and O–H groups in total. The van der Waals surface area contributed by atoms with E-state index in [0.29, 0.717) is 0 Å². The van der Waals surface area contributed by atoms with Gasteiger partial charge in [-0.1, -0.05) is 121 Å². The van der Waals surface area contributed by atoms with E-state index in [-0.39, 0.29) is 23.8 Å². The Labute approximate surface area is 256 Å². The number of dihydropyridines is 1. The van der Waals surface area contributed by atoms with Gasteiger partial charge in [-0.3, -0.25) is 0 Å². The van der Waals surface area contributed by atoms with Gasteiger partial charge in [0.2, 0.25) is 5.39 Å². The molecule has 4 rings (SSSR count). The molecule has 0 radical (unpaired) electrons. The molecular formula is C31H43ClN3P3W+. The Bertz CT molecular complexity index is 1020. The number of nitrogens with zero attached hydrogens (tertiary/aromatic N) is 2. The van der Waals surface area contributed by atoms with Crippen molar-refractivity contribution < 1.29 is 18.8 Å². The normalized spacial score (nSPS) is 14.9. The van der Waals surface area contributed by atoms with Crippen LogP contribution in [0.4, 0.5) is 0 Å². The second-order valence-corrected chi connectivity index (χ2v) is 16.2. The number of hydrogen-bond donors (Lipinski definition) is 1. The Balaban J connectivity index is 0.000000483. The number of benzene rings is 3. The SMILES string of the molecule is CC1=CC=CC(C)([N+]#N)N1.CP(C)c1ccccc1.CP(C)c1ccccc1.CP(C)c1ccccc1.[Cl][W]. The van der Waals surface area contributed by atoms with Crippen LogP contribution in [0.25, 0.3) is 4.98 Å². The molecule has 0 spiro atoms. The number of rotatable bonds is 3. The molecule has 0 fully saturated rings. The quantitative estimate of drug-likeness (QED) is 0.215. The molecule has 1 heterocycles. The van der Waals surface area contributed by atoms with Crippen molar-refractivity contribution in [2.24, 2.45) is 0 Å². The van der Waals surface area contributed by atoms with E-state index >= 15 is 0 Å². The van der Waals surface area contributed by atoms with Gasteiger partial charge in [-0.25, -0.2) is 0 Å². The summed E-state index contributed by atoms with van der Waals surface area (Å²) in [5.41, 5.74) is 0.376. The van der Waals surface area contributed by atoms with Crippen LogP contribution in [-0.4, -0.2) is 45.7 Å². The molecule has 8 heteroatoms. The summed E-state index contributed by atoms with van der Waals surface area (Å²) in [6, 6.07) is 31.9. The maximum absolute atomic E-state index is 8.55. The van der Waals surface area contributed by atoms with Crippen LogP contribution in [-0.2, 0) is 18.8 Å². The molecule has 39 heavy (non-hydrogen) atoms. The van der Waals surface area contributed by atoms with Crippen LogP contribution >= 0.6 is 33.2 Å². The molecule has 3 aromatic carbocycles. The van der Waals surface area contributed by atoms with Crippen LogP contribution in [0.5, 0.6) is 0 Å². The van der Waals surface area contributed by atoms with Gasteiger partial charge in [0.15, 0.2) is 4.98 Å². The summed E-state index contributed by atoms with van der Waals surface area (Å²) in [5.74, 6) is 0. The van der Waals surface area contributed by atoms with E-state index in [1.165, 1.54) is 15.9 Å². The molecule has 0 aliphatic carbocycles. The van der Waals surface area contributed by atoms with E-state index in [1.54, 1.807) is 13.0 Å². The van der Waals surface area contributed by atoms with Crippen molar-refractivity contribution >= 4 is 49.1 Å². The topological polar surface area (TPSA) is 40.2 Å². The fourth-order valence-electron chi connectivity index (χ4n) is 3.10. The second-order valence-electron chi connectivity index (χ2n) is 9.27. The summed E-state index contributed by atoms with van der Waals surface area (Å²) in [7, 11) is 5.04. The van der Waals surface area contributed by atoms with Crippen molar-refractivity contribution in [3.05, 3.63) is 120 Å². The van der Waals surface area contributed by atoms with Crippen molar-refractivity contribution in [3.63, 3.8) is 0 Å². The molecule has 1 aliphatic heterocycles. The van der Waals surface area contributed by atoms with Gasteiger partial charge in [-0.2, -0.15) is 0 Å². The summed E-state index contributed by atoms with van der Waals surface area (Å²) >= 11 is 1.06. The number of allylic oxidation sites excluding steroid dienone is 3. The Morgan fingerprint density at radius 3 is 1.15 bits per heavy atom. The van der Waals surface area contributed by atoms with Crippen molar-refractivity contribution in [1.82, 2.24) is 5.32 Å². The van der Waals surface area contributed by atoms with Crippen LogP contribution in [0, 0.1) is 5.39 Å². The van der Waals surface area contributed by atoms with E-state index in [9.17, 15) is 0 Å². The second kappa shape index (κ2) is 22.3. The Morgan fingerprint density at radius 1 is 0.667 bits per heavy atom. The Kier molecular flexibility index (Phi) is 21.5. The molecule has 0 amide bonds. The van der Waals surface area contributed by atoms with Crippen molar-refractivity contribution in [3.8, 4) is 0 Å². The molecule has 1 aliphatic rings. The van der Waals surface area contributed by atoms with Crippen LogP contribution in [0.15, 0.2) is 115 Å². The fourth-order valence-corrected chi connectivity index (χ4v) is 5.40. The molecule has 0 saturated heterocycles. The summed E-state index contributed by atoms with van der Waals surface area (Å²) in [4.78, 5) is 3.19. The number of hydrogen-bond acceptors (Lipinski definition) is 2. The van der Waals surface area contributed by atoms with E-state index < -0.39 is 5.66 Å². The van der Waals surface area contributed by atoms with Crippen LogP contribution in [0.1, 0.15) is 13.8 Å². The molecule has 0 aromatic heterocycles. The van der Waals surface area contributed by atoms with Crippen molar-refractivity contribution in [1.29, 1.82) is 5.39 Å². The summed E-state index contributed by atoms with van der Waals surface area (Å²) in [6.07, 6.45) is 5.58. The van der Waals surface area contributed by atoms with Crippen LogP contribution in [0.3, 0.4) is 0 Å². The standard InChI is InChI=1S/3C8H11P.C7H10N3.ClH.W/c3*1-9(2)8-6-4-3-5-7-8;1-6-4-3-5-7(2,9-6)10-8;;/h3*3-7H,1-2H3;3-5,9H,1-2H3;1H;/q;;;+1;;+1/p-1. The maximum atomic E-state index is 8.55. The van der Waals surface area contributed by atoms with Gasteiger partial charge in [0.1, 0.15) is 0 Å². The average Bonchev–Trinajstić information content (AvgIpc) is 2.96. The van der Waals surface area contributed by atoms with E-state index in [0.717, 1.165) is 24.5 Å². The van der Waals surface area contributed by atoms with Crippen molar-refractivity contribution in [2.45, 2.75) is 19.5 Å². The third-order valence-corrected chi connectivity index (χ3v) is 9.24. The molecule has 3 nitrogen and oxygen atoms in total. The van der Waals surface area contributed by atoms with Crippen molar-refractivity contribution in [2.75, 3.05) is 40.0 Å². The summed E-state index contributed by atoms with van der Waals surface area (Å²) in [6.45, 7) is 17.3. The first kappa shape index (κ1) is 37.6.